The molecule has 0 saturated carbocycles. The Hall–Kier alpha value is -1.89. The maximum Gasteiger partial charge on any atom is 0.222 e. The van der Waals surface area contributed by atoms with Gasteiger partial charge in [0.15, 0.2) is 11.6 Å². The second-order valence-corrected chi connectivity index (χ2v) is 5.09. The largest absolute Gasteiger partial charge is 0.451 e. The molecule has 0 fully saturated rings. The average Bonchev–Trinajstić information content (AvgIpc) is 2.32. The van der Waals surface area contributed by atoms with Gasteiger partial charge in [0.2, 0.25) is 5.95 Å². The van der Waals surface area contributed by atoms with Crippen molar-refractivity contribution in [1.29, 1.82) is 0 Å². The predicted octanol–water partition coefficient (Wildman–Crippen LogP) is 2.71. The summed E-state index contributed by atoms with van der Waals surface area (Å²) in [5.41, 5.74) is 12.2. The molecule has 0 spiro atoms. The molecule has 0 atom stereocenters. The van der Waals surface area contributed by atoms with E-state index < -0.39 is 0 Å². The number of nitrogen functional groups attached to an aromatic ring is 2. The molecule has 6 nitrogen and oxygen atoms in total. The van der Waals surface area contributed by atoms with Crippen LogP contribution in [0.3, 0.4) is 0 Å². The van der Waals surface area contributed by atoms with E-state index in [0.29, 0.717) is 16.1 Å². The molecule has 0 saturated heterocycles. The molecule has 100 valence electrons. The van der Waals surface area contributed by atoms with Gasteiger partial charge in [-0.3, -0.25) is 0 Å². The van der Waals surface area contributed by atoms with Crippen LogP contribution in [0.1, 0.15) is 25.3 Å². The number of hydrogen-bond donors (Lipinski definition) is 2. The molecular formula is C12H14BrN5O. The zero-order chi connectivity index (χ0) is 14.0. The molecule has 2 aromatic rings. The SMILES string of the molecule is CC(C)c1cnc(Br)cc1Oc1cnc(N)nc1N. The first-order valence-electron chi connectivity index (χ1n) is 5.68. The Labute approximate surface area is 119 Å². The van der Waals surface area contributed by atoms with Crippen LogP contribution in [0.25, 0.3) is 0 Å². The number of nitrogens with zero attached hydrogens (tertiary/aromatic N) is 3. The summed E-state index contributed by atoms with van der Waals surface area (Å²) < 4.78 is 6.44. The number of aromatic nitrogens is 3. The lowest BCUT2D eigenvalue weighted by molar-refractivity contribution is 0.469. The summed E-state index contributed by atoms with van der Waals surface area (Å²) in [4.78, 5) is 11.9. The Morgan fingerprint density at radius 3 is 2.53 bits per heavy atom. The number of nitrogens with two attached hydrogens (primary N) is 2. The van der Waals surface area contributed by atoms with Gasteiger partial charge >= 0.3 is 0 Å². The summed E-state index contributed by atoms with van der Waals surface area (Å²) in [6.07, 6.45) is 3.22. The van der Waals surface area contributed by atoms with Crippen LogP contribution in [0.5, 0.6) is 11.5 Å². The minimum atomic E-state index is 0.116. The predicted molar refractivity (Wildman–Crippen MR) is 77.0 cm³/mol. The van der Waals surface area contributed by atoms with E-state index in [0.717, 1.165) is 5.56 Å². The van der Waals surface area contributed by atoms with E-state index in [4.69, 9.17) is 16.2 Å². The molecule has 0 aliphatic carbocycles. The Bertz CT molecular complexity index is 603. The highest BCUT2D eigenvalue weighted by molar-refractivity contribution is 9.10. The van der Waals surface area contributed by atoms with E-state index in [2.05, 4.69) is 44.7 Å². The Kier molecular flexibility index (Phi) is 3.84. The third-order valence-electron chi connectivity index (χ3n) is 2.51. The molecule has 0 bridgehead atoms. The van der Waals surface area contributed by atoms with Crippen LogP contribution in [0.2, 0.25) is 0 Å². The van der Waals surface area contributed by atoms with Crippen LogP contribution in [-0.2, 0) is 0 Å². The van der Waals surface area contributed by atoms with Crippen molar-refractivity contribution in [1.82, 2.24) is 15.0 Å². The molecule has 2 rings (SSSR count). The minimum Gasteiger partial charge on any atom is -0.451 e. The number of anilines is 2. The summed E-state index contributed by atoms with van der Waals surface area (Å²) in [7, 11) is 0. The first-order chi connectivity index (χ1) is 8.97. The summed E-state index contributed by atoms with van der Waals surface area (Å²) in [6, 6.07) is 1.78. The zero-order valence-electron chi connectivity index (χ0n) is 10.6. The second-order valence-electron chi connectivity index (χ2n) is 4.28. The highest BCUT2D eigenvalue weighted by Crippen LogP contribution is 2.33. The molecule has 0 unspecified atom stereocenters. The number of halogens is 1. The monoisotopic (exact) mass is 323 g/mol. The van der Waals surface area contributed by atoms with Gasteiger partial charge in [-0.2, -0.15) is 4.98 Å². The van der Waals surface area contributed by atoms with E-state index >= 15 is 0 Å². The van der Waals surface area contributed by atoms with Gasteiger partial charge in [0, 0.05) is 17.8 Å². The first-order valence-corrected chi connectivity index (χ1v) is 6.48. The zero-order valence-corrected chi connectivity index (χ0v) is 12.2. The van der Waals surface area contributed by atoms with Crippen LogP contribution in [0.15, 0.2) is 23.1 Å². The Balaban J connectivity index is 2.39. The van der Waals surface area contributed by atoms with Gasteiger partial charge in [-0.05, 0) is 21.8 Å². The molecule has 7 heteroatoms. The summed E-state index contributed by atoms with van der Waals surface area (Å²) in [6.45, 7) is 4.11. The van der Waals surface area contributed by atoms with Crippen LogP contribution < -0.4 is 16.2 Å². The fourth-order valence-electron chi connectivity index (χ4n) is 1.54. The van der Waals surface area contributed by atoms with Gasteiger partial charge in [-0.1, -0.05) is 13.8 Å². The van der Waals surface area contributed by atoms with Gasteiger partial charge < -0.3 is 16.2 Å². The lowest BCUT2D eigenvalue weighted by Crippen LogP contribution is -2.03. The van der Waals surface area contributed by atoms with E-state index in [-0.39, 0.29) is 17.7 Å². The van der Waals surface area contributed by atoms with Gasteiger partial charge in [0.1, 0.15) is 10.4 Å². The highest BCUT2D eigenvalue weighted by atomic mass is 79.9. The van der Waals surface area contributed by atoms with Crippen molar-refractivity contribution in [3.8, 4) is 11.5 Å². The molecule has 0 amide bonds. The molecule has 0 aliphatic heterocycles. The van der Waals surface area contributed by atoms with Crippen molar-refractivity contribution in [2.24, 2.45) is 0 Å². The number of ether oxygens (including phenoxy) is 1. The molecule has 0 aliphatic rings. The van der Waals surface area contributed by atoms with E-state index in [1.165, 1.54) is 6.20 Å². The maximum absolute atomic E-state index is 5.76. The van der Waals surface area contributed by atoms with E-state index in [1.807, 2.05) is 0 Å². The van der Waals surface area contributed by atoms with Gasteiger partial charge in [-0.15, -0.1) is 0 Å². The van der Waals surface area contributed by atoms with Crippen LogP contribution in [0, 0.1) is 0 Å². The Morgan fingerprint density at radius 1 is 1.16 bits per heavy atom. The van der Waals surface area contributed by atoms with Crippen LogP contribution in [-0.4, -0.2) is 15.0 Å². The topological polar surface area (TPSA) is 99.9 Å². The van der Waals surface area contributed by atoms with Crippen molar-refractivity contribution in [2.45, 2.75) is 19.8 Å². The van der Waals surface area contributed by atoms with Crippen LogP contribution in [0.4, 0.5) is 11.8 Å². The standard InChI is InChI=1S/C12H14BrN5O/c1-6(2)7-4-16-10(13)3-8(7)19-9-5-17-12(15)18-11(9)14/h3-6H,1-2H3,(H4,14,15,17,18). The lowest BCUT2D eigenvalue weighted by atomic mass is 10.1. The fourth-order valence-corrected chi connectivity index (χ4v) is 1.85. The van der Waals surface area contributed by atoms with Crippen LogP contribution >= 0.6 is 15.9 Å². The van der Waals surface area contributed by atoms with E-state index in [1.54, 1.807) is 12.3 Å². The molecule has 2 aromatic heterocycles. The van der Waals surface area contributed by atoms with Crippen molar-refractivity contribution in [3.05, 3.63) is 28.6 Å². The third-order valence-corrected chi connectivity index (χ3v) is 2.94. The fraction of sp³-hybridized carbons (Fsp3) is 0.250. The summed E-state index contributed by atoms with van der Waals surface area (Å²) in [5, 5.41) is 0. The molecule has 4 N–H and O–H groups in total. The quantitative estimate of drug-likeness (QED) is 0.842. The van der Waals surface area contributed by atoms with Crippen molar-refractivity contribution >= 4 is 27.7 Å². The minimum absolute atomic E-state index is 0.116. The molecule has 0 radical (unpaired) electrons. The summed E-state index contributed by atoms with van der Waals surface area (Å²) >= 11 is 3.32. The van der Waals surface area contributed by atoms with Gasteiger partial charge in [-0.25, -0.2) is 9.97 Å². The van der Waals surface area contributed by atoms with Gasteiger partial charge in [0.05, 0.1) is 6.20 Å². The second kappa shape index (κ2) is 5.40. The number of hydrogen-bond acceptors (Lipinski definition) is 6. The molecular weight excluding hydrogens is 310 g/mol. The van der Waals surface area contributed by atoms with Crippen molar-refractivity contribution in [3.63, 3.8) is 0 Å². The smallest absolute Gasteiger partial charge is 0.222 e. The molecule has 0 aromatic carbocycles. The molecule has 19 heavy (non-hydrogen) atoms. The Morgan fingerprint density at radius 2 is 1.89 bits per heavy atom. The normalized spacial score (nSPS) is 10.7. The maximum atomic E-state index is 5.76. The average molecular weight is 324 g/mol. The first kappa shape index (κ1) is 13.5. The number of pyridine rings is 1. The molecule has 2 heterocycles. The van der Waals surface area contributed by atoms with E-state index in [9.17, 15) is 0 Å². The lowest BCUT2D eigenvalue weighted by Gasteiger charge is -2.14. The van der Waals surface area contributed by atoms with Crippen molar-refractivity contribution in [2.75, 3.05) is 11.5 Å². The highest BCUT2D eigenvalue weighted by Gasteiger charge is 2.12. The van der Waals surface area contributed by atoms with Crippen molar-refractivity contribution < 1.29 is 4.74 Å². The summed E-state index contributed by atoms with van der Waals surface area (Å²) in [5.74, 6) is 1.62. The third kappa shape index (κ3) is 3.11. The van der Waals surface area contributed by atoms with Gasteiger partial charge in [0.25, 0.3) is 0 Å². The number of rotatable bonds is 3.